The molecule has 0 unspecified atom stereocenters. The zero-order valence-corrected chi connectivity index (χ0v) is 9.19. The quantitative estimate of drug-likeness (QED) is 0.365. The van der Waals surface area contributed by atoms with Gasteiger partial charge in [0.25, 0.3) is 0 Å². The van der Waals surface area contributed by atoms with Crippen molar-refractivity contribution in [1.29, 1.82) is 0 Å². The van der Waals surface area contributed by atoms with E-state index < -0.39 is 0 Å². The summed E-state index contributed by atoms with van der Waals surface area (Å²) in [6.45, 7) is 11.0. The van der Waals surface area contributed by atoms with E-state index in [0.717, 1.165) is 17.8 Å². The maximum absolute atomic E-state index is 4.19. The molecule has 2 heteroatoms. The van der Waals surface area contributed by atoms with Crippen molar-refractivity contribution in [2.45, 2.75) is 46.5 Å². The van der Waals surface area contributed by atoms with Crippen LogP contribution in [0.25, 0.3) is 0 Å². The monoisotopic (exact) mass is 182 g/mol. The summed E-state index contributed by atoms with van der Waals surface area (Å²) in [5.41, 5.74) is 5.08. The number of hydrogen-bond acceptors (Lipinski definition) is 2. The van der Waals surface area contributed by atoms with E-state index in [1.807, 2.05) is 13.8 Å². The second kappa shape index (κ2) is 7.84. The molecule has 0 rings (SSSR count). The first kappa shape index (κ1) is 12.2. The molecule has 2 nitrogen and oxygen atoms in total. The minimum absolute atomic E-state index is 0.977. The molecule has 0 radical (unpaired) electrons. The van der Waals surface area contributed by atoms with Crippen LogP contribution in [0, 0.1) is 0 Å². The second-order valence-electron chi connectivity index (χ2n) is 3.45. The van der Waals surface area contributed by atoms with Crippen molar-refractivity contribution in [1.82, 2.24) is 5.43 Å². The maximum Gasteiger partial charge on any atom is 0.0595 e. The summed E-state index contributed by atoms with van der Waals surface area (Å²) in [7, 11) is 0. The zero-order valence-electron chi connectivity index (χ0n) is 9.19. The van der Waals surface area contributed by atoms with Crippen LogP contribution in [0.1, 0.15) is 46.5 Å². The molecule has 0 atom stereocenters. The number of nitrogens with one attached hydrogen (secondary N) is 1. The number of allylic oxidation sites excluding steroid dienone is 1. The average Bonchev–Trinajstić information content (AvgIpc) is 2.10. The molecule has 0 aromatic carbocycles. The fourth-order valence-corrected chi connectivity index (χ4v) is 0.901. The van der Waals surface area contributed by atoms with Crippen LogP contribution in [0.3, 0.4) is 0 Å². The minimum atomic E-state index is 0.977. The van der Waals surface area contributed by atoms with E-state index >= 15 is 0 Å². The van der Waals surface area contributed by atoms with Crippen molar-refractivity contribution in [3.8, 4) is 0 Å². The molecule has 13 heavy (non-hydrogen) atoms. The Kier molecular flexibility index (Phi) is 7.36. The highest BCUT2D eigenvalue weighted by atomic mass is 15.3. The van der Waals surface area contributed by atoms with Crippen molar-refractivity contribution in [2.75, 3.05) is 6.54 Å². The van der Waals surface area contributed by atoms with Crippen LogP contribution in [-0.2, 0) is 0 Å². The van der Waals surface area contributed by atoms with Crippen LogP contribution in [0.15, 0.2) is 17.3 Å². The van der Waals surface area contributed by atoms with Crippen LogP contribution < -0.4 is 5.43 Å². The van der Waals surface area contributed by atoms with E-state index in [1.54, 1.807) is 0 Å². The highest BCUT2D eigenvalue weighted by Gasteiger charge is 1.90. The van der Waals surface area contributed by atoms with Gasteiger partial charge in [-0.15, -0.1) is 0 Å². The molecule has 0 bridgehead atoms. The lowest BCUT2D eigenvalue weighted by Crippen LogP contribution is -2.10. The zero-order chi connectivity index (χ0) is 10.1. The molecule has 0 aliphatic heterocycles. The normalized spacial score (nSPS) is 11.5. The molecule has 0 aromatic heterocycles. The summed E-state index contributed by atoms with van der Waals surface area (Å²) in [4.78, 5) is 0. The second-order valence-corrected chi connectivity index (χ2v) is 3.45. The van der Waals surface area contributed by atoms with Crippen molar-refractivity contribution in [3.05, 3.63) is 12.2 Å². The average molecular weight is 182 g/mol. The molecule has 0 spiro atoms. The van der Waals surface area contributed by atoms with Gasteiger partial charge in [0, 0.05) is 6.54 Å². The number of nitrogens with zero attached hydrogens (tertiary/aromatic N) is 1. The first-order valence-electron chi connectivity index (χ1n) is 5.11. The third-order valence-corrected chi connectivity index (χ3v) is 2.01. The largest absolute Gasteiger partial charge is 0.310 e. The van der Waals surface area contributed by atoms with Gasteiger partial charge in [-0.05, 0) is 25.8 Å². The fourth-order valence-electron chi connectivity index (χ4n) is 0.901. The molecular weight excluding hydrogens is 160 g/mol. The molecule has 0 aliphatic rings. The summed E-state index contributed by atoms with van der Waals surface area (Å²) in [6.07, 6.45) is 5.12. The summed E-state index contributed by atoms with van der Waals surface area (Å²) < 4.78 is 0. The smallest absolute Gasteiger partial charge is 0.0595 e. The lowest BCUT2D eigenvalue weighted by Gasteiger charge is -2.02. The lowest BCUT2D eigenvalue weighted by molar-refractivity contribution is 0.615. The van der Waals surface area contributed by atoms with Gasteiger partial charge >= 0.3 is 0 Å². The highest BCUT2D eigenvalue weighted by molar-refractivity contribution is 5.96. The minimum Gasteiger partial charge on any atom is -0.310 e. The molecule has 0 saturated carbocycles. The van der Waals surface area contributed by atoms with Gasteiger partial charge in [-0.25, -0.2) is 0 Å². The third kappa shape index (κ3) is 7.57. The molecule has 1 N–H and O–H groups in total. The Hall–Kier alpha value is -0.790. The standard InChI is InChI=1S/C11H22N2/c1-5-6-7-8-9-12-13-11(4)10(2)3/h12H,2,5-9H2,1,3-4H3. The molecule has 0 aliphatic carbocycles. The Morgan fingerprint density at radius 2 is 1.92 bits per heavy atom. The Labute approximate surface area is 82.1 Å². The van der Waals surface area contributed by atoms with E-state index in [-0.39, 0.29) is 0 Å². The van der Waals surface area contributed by atoms with Crippen molar-refractivity contribution in [3.63, 3.8) is 0 Å². The van der Waals surface area contributed by atoms with E-state index in [2.05, 4.69) is 24.0 Å². The Morgan fingerprint density at radius 1 is 1.23 bits per heavy atom. The van der Waals surface area contributed by atoms with Gasteiger partial charge < -0.3 is 5.43 Å². The molecule has 0 saturated heterocycles. The van der Waals surface area contributed by atoms with E-state index in [0.29, 0.717) is 0 Å². The first-order valence-corrected chi connectivity index (χ1v) is 5.11. The Bertz CT molecular complexity index is 171. The summed E-state index contributed by atoms with van der Waals surface area (Å²) in [5, 5.41) is 4.19. The van der Waals surface area contributed by atoms with Crippen molar-refractivity contribution < 1.29 is 0 Å². The van der Waals surface area contributed by atoms with Crippen LogP contribution >= 0.6 is 0 Å². The van der Waals surface area contributed by atoms with E-state index in [1.165, 1.54) is 25.7 Å². The van der Waals surface area contributed by atoms with Crippen molar-refractivity contribution >= 4 is 5.71 Å². The van der Waals surface area contributed by atoms with Crippen LogP contribution in [0.5, 0.6) is 0 Å². The highest BCUT2D eigenvalue weighted by Crippen LogP contribution is 1.97. The molecule has 0 fully saturated rings. The molecule has 76 valence electrons. The van der Waals surface area contributed by atoms with Gasteiger partial charge in [0.05, 0.1) is 5.71 Å². The van der Waals surface area contributed by atoms with Crippen LogP contribution in [0.2, 0.25) is 0 Å². The van der Waals surface area contributed by atoms with Gasteiger partial charge in [-0.3, -0.25) is 0 Å². The summed E-state index contributed by atoms with van der Waals surface area (Å²) >= 11 is 0. The Balaban J connectivity index is 3.34. The molecular formula is C11H22N2. The van der Waals surface area contributed by atoms with Crippen LogP contribution in [-0.4, -0.2) is 12.3 Å². The van der Waals surface area contributed by atoms with Crippen LogP contribution in [0.4, 0.5) is 0 Å². The maximum atomic E-state index is 4.19. The van der Waals surface area contributed by atoms with E-state index in [4.69, 9.17) is 0 Å². The topological polar surface area (TPSA) is 24.4 Å². The number of hydrazone groups is 1. The van der Waals surface area contributed by atoms with Gasteiger partial charge in [0.15, 0.2) is 0 Å². The number of unbranched alkanes of at least 4 members (excludes halogenated alkanes) is 3. The van der Waals surface area contributed by atoms with Gasteiger partial charge in [-0.1, -0.05) is 32.8 Å². The van der Waals surface area contributed by atoms with E-state index in [9.17, 15) is 0 Å². The lowest BCUT2D eigenvalue weighted by atomic mass is 10.2. The van der Waals surface area contributed by atoms with Gasteiger partial charge in [0.1, 0.15) is 0 Å². The van der Waals surface area contributed by atoms with Crippen molar-refractivity contribution in [2.24, 2.45) is 5.10 Å². The molecule has 0 aromatic rings. The summed E-state index contributed by atoms with van der Waals surface area (Å²) in [5.74, 6) is 0. The van der Waals surface area contributed by atoms with Gasteiger partial charge in [0.2, 0.25) is 0 Å². The predicted molar refractivity (Wildman–Crippen MR) is 60.1 cm³/mol. The third-order valence-electron chi connectivity index (χ3n) is 2.01. The van der Waals surface area contributed by atoms with Gasteiger partial charge in [-0.2, -0.15) is 5.10 Å². The Morgan fingerprint density at radius 3 is 2.46 bits per heavy atom. The fraction of sp³-hybridized carbons (Fsp3) is 0.727. The summed E-state index contributed by atoms with van der Waals surface area (Å²) in [6, 6.07) is 0. The molecule has 0 amide bonds. The number of rotatable bonds is 7. The number of hydrogen-bond donors (Lipinski definition) is 1. The SMILES string of the molecule is C=C(C)C(C)=NNCCCCCC. The molecule has 0 heterocycles. The predicted octanol–water partition coefficient (Wildman–Crippen LogP) is 3.11. The first-order chi connectivity index (χ1) is 6.18.